The summed E-state index contributed by atoms with van der Waals surface area (Å²) >= 11 is 0. The third-order valence-corrected chi connectivity index (χ3v) is 4.34. The Hall–Kier alpha value is -3.34. The molecule has 144 valence electrons. The number of aromatic nitrogens is 1. The normalized spacial score (nSPS) is 11.2. The van der Waals surface area contributed by atoms with Crippen molar-refractivity contribution in [3.05, 3.63) is 83.2 Å². The standard InChI is InChI=1S/C23H25N3O2/c1-16(2)28-22-13-9-8-10-19(22)15-24-25-23(27)21-14-17(3)26(18(21)4)20-11-6-5-7-12-20/h5-16H,1-4H3,(H,25,27)/b24-15+. The van der Waals surface area contributed by atoms with Gasteiger partial charge in [0.25, 0.3) is 5.91 Å². The molecule has 0 fully saturated rings. The van der Waals surface area contributed by atoms with E-state index in [9.17, 15) is 4.79 Å². The lowest BCUT2D eigenvalue weighted by Gasteiger charge is -2.11. The van der Waals surface area contributed by atoms with Crippen molar-refractivity contribution < 1.29 is 9.53 Å². The lowest BCUT2D eigenvalue weighted by atomic mass is 10.2. The zero-order valence-electron chi connectivity index (χ0n) is 16.6. The first-order valence-electron chi connectivity index (χ1n) is 9.31. The molecule has 1 aromatic heterocycles. The van der Waals surface area contributed by atoms with Crippen LogP contribution in [-0.2, 0) is 0 Å². The van der Waals surface area contributed by atoms with E-state index in [1.54, 1.807) is 6.21 Å². The van der Waals surface area contributed by atoms with Gasteiger partial charge in [-0.2, -0.15) is 5.10 Å². The lowest BCUT2D eigenvalue weighted by molar-refractivity contribution is 0.0954. The minimum absolute atomic E-state index is 0.0625. The van der Waals surface area contributed by atoms with Gasteiger partial charge in [0, 0.05) is 22.6 Å². The predicted octanol–water partition coefficient (Wildman–Crippen LogP) is 4.65. The van der Waals surface area contributed by atoms with E-state index in [0.717, 1.165) is 28.4 Å². The average molecular weight is 375 g/mol. The van der Waals surface area contributed by atoms with E-state index >= 15 is 0 Å². The molecule has 0 spiro atoms. The lowest BCUT2D eigenvalue weighted by Crippen LogP contribution is -2.18. The Morgan fingerprint density at radius 1 is 1.07 bits per heavy atom. The quantitative estimate of drug-likeness (QED) is 0.504. The monoisotopic (exact) mass is 375 g/mol. The SMILES string of the molecule is Cc1cc(C(=O)N/N=C/c2ccccc2OC(C)C)c(C)n1-c1ccccc1. The number of nitrogens with zero attached hydrogens (tertiary/aromatic N) is 2. The van der Waals surface area contributed by atoms with Crippen molar-refractivity contribution >= 4 is 12.1 Å². The molecule has 1 heterocycles. The molecule has 1 N–H and O–H groups in total. The summed E-state index contributed by atoms with van der Waals surface area (Å²) in [5, 5.41) is 4.12. The first-order chi connectivity index (χ1) is 13.5. The van der Waals surface area contributed by atoms with Crippen LogP contribution in [0.5, 0.6) is 5.75 Å². The van der Waals surface area contributed by atoms with Gasteiger partial charge in [0.05, 0.1) is 17.9 Å². The molecule has 0 bridgehead atoms. The first kappa shape index (κ1) is 19.4. The van der Waals surface area contributed by atoms with E-state index in [-0.39, 0.29) is 12.0 Å². The zero-order valence-corrected chi connectivity index (χ0v) is 16.6. The van der Waals surface area contributed by atoms with Gasteiger partial charge in [-0.3, -0.25) is 4.79 Å². The van der Waals surface area contributed by atoms with Gasteiger partial charge in [-0.15, -0.1) is 0 Å². The first-order valence-corrected chi connectivity index (χ1v) is 9.31. The number of hydrogen-bond acceptors (Lipinski definition) is 3. The highest BCUT2D eigenvalue weighted by Gasteiger charge is 2.16. The summed E-state index contributed by atoms with van der Waals surface area (Å²) < 4.78 is 7.83. The largest absolute Gasteiger partial charge is 0.490 e. The number of hydrazone groups is 1. The minimum Gasteiger partial charge on any atom is -0.490 e. The maximum atomic E-state index is 12.6. The fourth-order valence-electron chi connectivity index (χ4n) is 3.14. The molecule has 0 aliphatic rings. The summed E-state index contributed by atoms with van der Waals surface area (Å²) in [6.07, 6.45) is 1.67. The van der Waals surface area contributed by atoms with Crippen LogP contribution in [0.3, 0.4) is 0 Å². The number of hydrogen-bond donors (Lipinski definition) is 1. The van der Waals surface area contributed by atoms with Crippen molar-refractivity contribution in [1.82, 2.24) is 9.99 Å². The van der Waals surface area contributed by atoms with Crippen LogP contribution in [0.1, 0.15) is 41.2 Å². The molecule has 0 saturated heterocycles. The van der Waals surface area contributed by atoms with E-state index in [2.05, 4.69) is 15.1 Å². The Morgan fingerprint density at radius 3 is 2.46 bits per heavy atom. The summed E-state index contributed by atoms with van der Waals surface area (Å²) in [4.78, 5) is 12.6. The fourth-order valence-corrected chi connectivity index (χ4v) is 3.14. The van der Waals surface area contributed by atoms with Crippen LogP contribution >= 0.6 is 0 Å². The van der Waals surface area contributed by atoms with Crippen LogP contribution in [-0.4, -0.2) is 22.8 Å². The summed E-state index contributed by atoms with van der Waals surface area (Å²) in [6, 6.07) is 19.5. The molecular weight excluding hydrogens is 350 g/mol. The van der Waals surface area contributed by atoms with Gasteiger partial charge in [-0.1, -0.05) is 30.3 Å². The molecule has 5 heteroatoms. The number of amides is 1. The maximum absolute atomic E-state index is 12.6. The molecule has 5 nitrogen and oxygen atoms in total. The smallest absolute Gasteiger partial charge is 0.273 e. The van der Waals surface area contributed by atoms with Crippen molar-refractivity contribution in [2.45, 2.75) is 33.8 Å². The molecule has 1 amide bonds. The van der Waals surface area contributed by atoms with Gasteiger partial charge in [0.2, 0.25) is 0 Å². The highest BCUT2D eigenvalue weighted by molar-refractivity contribution is 5.96. The number of aryl methyl sites for hydroxylation is 1. The van der Waals surface area contributed by atoms with Crippen LogP contribution in [0, 0.1) is 13.8 Å². The molecule has 0 atom stereocenters. The van der Waals surface area contributed by atoms with Crippen molar-refractivity contribution in [3.8, 4) is 11.4 Å². The average Bonchev–Trinajstić information content (AvgIpc) is 2.97. The molecular formula is C23H25N3O2. The Balaban J connectivity index is 1.77. The molecule has 0 unspecified atom stereocenters. The summed E-state index contributed by atoms with van der Waals surface area (Å²) in [7, 11) is 0. The predicted molar refractivity (Wildman–Crippen MR) is 113 cm³/mol. The number of rotatable bonds is 6. The maximum Gasteiger partial charge on any atom is 0.273 e. The Bertz CT molecular complexity index is 988. The summed E-state index contributed by atoms with van der Waals surface area (Å²) in [6.45, 7) is 7.86. The van der Waals surface area contributed by atoms with Crippen LogP contribution in [0.15, 0.2) is 65.8 Å². The van der Waals surface area contributed by atoms with Gasteiger partial charge in [-0.05, 0) is 58.0 Å². The zero-order chi connectivity index (χ0) is 20.1. The fraction of sp³-hybridized carbons (Fsp3) is 0.217. The topological polar surface area (TPSA) is 55.6 Å². The van der Waals surface area contributed by atoms with Crippen LogP contribution in [0.4, 0.5) is 0 Å². The Kier molecular flexibility index (Phi) is 5.94. The number of nitrogens with one attached hydrogen (secondary N) is 1. The highest BCUT2D eigenvalue weighted by atomic mass is 16.5. The number of benzene rings is 2. The molecule has 28 heavy (non-hydrogen) atoms. The van der Waals surface area contributed by atoms with E-state index in [1.807, 2.05) is 88.4 Å². The Labute approximate surface area is 165 Å². The third kappa shape index (κ3) is 4.31. The molecule has 3 aromatic rings. The number of para-hydroxylation sites is 2. The van der Waals surface area contributed by atoms with E-state index in [0.29, 0.717) is 5.56 Å². The van der Waals surface area contributed by atoms with E-state index in [1.165, 1.54) is 0 Å². The third-order valence-electron chi connectivity index (χ3n) is 4.34. The van der Waals surface area contributed by atoms with Gasteiger partial charge >= 0.3 is 0 Å². The van der Waals surface area contributed by atoms with Crippen molar-refractivity contribution in [3.63, 3.8) is 0 Å². The van der Waals surface area contributed by atoms with Gasteiger partial charge in [-0.25, -0.2) is 5.43 Å². The van der Waals surface area contributed by atoms with Crippen LogP contribution < -0.4 is 10.2 Å². The van der Waals surface area contributed by atoms with Gasteiger partial charge in [0.1, 0.15) is 5.75 Å². The second-order valence-corrected chi connectivity index (χ2v) is 6.86. The van der Waals surface area contributed by atoms with Crippen molar-refractivity contribution in [1.29, 1.82) is 0 Å². The van der Waals surface area contributed by atoms with Crippen LogP contribution in [0.2, 0.25) is 0 Å². The van der Waals surface area contributed by atoms with E-state index < -0.39 is 0 Å². The Morgan fingerprint density at radius 2 is 1.75 bits per heavy atom. The number of carbonyl (C=O) groups excluding carboxylic acids is 1. The highest BCUT2D eigenvalue weighted by Crippen LogP contribution is 2.21. The molecule has 0 aliphatic carbocycles. The summed E-state index contributed by atoms with van der Waals surface area (Å²) in [5.41, 5.74) is 6.93. The van der Waals surface area contributed by atoms with Crippen molar-refractivity contribution in [2.24, 2.45) is 5.10 Å². The summed E-state index contributed by atoms with van der Waals surface area (Å²) in [5.74, 6) is 0.492. The molecule has 0 radical (unpaired) electrons. The second kappa shape index (κ2) is 8.57. The van der Waals surface area contributed by atoms with Gasteiger partial charge < -0.3 is 9.30 Å². The van der Waals surface area contributed by atoms with Crippen LogP contribution in [0.25, 0.3) is 5.69 Å². The second-order valence-electron chi connectivity index (χ2n) is 6.86. The van der Waals surface area contributed by atoms with Gasteiger partial charge in [0.15, 0.2) is 0 Å². The molecule has 0 aliphatic heterocycles. The molecule has 3 rings (SSSR count). The number of carbonyl (C=O) groups is 1. The molecule has 2 aromatic carbocycles. The van der Waals surface area contributed by atoms with E-state index in [4.69, 9.17) is 4.74 Å². The molecule has 0 saturated carbocycles. The van der Waals surface area contributed by atoms with Crippen molar-refractivity contribution in [2.75, 3.05) is 0 Å². The number of ether oxygens (including phenoxy) is 1. The minimum atomic E-state index is -0.242.